The van der Waals surface area contributed by atoms with Crippen LogP contribution in [0.3, 0.4) is 0 Å². The van der Waals surface area contributed by atoms with Crippen LogP contribution in [0.15, 0.2) is 0 Å². The summed E-state index contributed by atoms with van der Waals surface area (Å²) in [5.74, 6) is 0. The third-order valence-electron chi connectivity index (χ3n) is 2.90. The van der Waals surface area contributed by atoms with Crippen molar-refractivity contribution < 1.29 is 0 Å². The molecule has 2 N–H and O–H groups in total. The molecule has 0 aromatic rings. The standard InChI is InChI=1S/C11H24N2/c1-3-7-10(12-4-2)11-8-5-6-9-13-11/h10-13H,3-9H2,1-2H3. The molecule has 2 atom stereocenters. The summed E-state index contributed by atoms with van der Waals surface area (Å²) < 4.78 is 0. The Hall–Kier alpha value is -0.0800. The second-order valence-corrected chi connectivity index (χ2v) is 4.01. The molecular formula is C11H24N2. The fraction of sp³-hybridized carbons (Fsp3) is 1.00. The first-order chi connectivity index (χ1) is 6.38. The number of rotatable bonds is 5. The van der Waals surface area contributed by atoms with Gasteiger partial charge < -0.3 is 10.6 Å². The molecule has 0 amide bonds. The van der Waals surface area contributed by atoms with E-state index < -0.39 is 0 Å². The molecule has 0 saturated carbocycles. The van der Waals surface area contributed by atoms with Crippen molar-refractivity contribution in [3.8, 4) is 0 Å². The average Bonchev–Trinajstić information content (AvgIpc) is 2.19. The van der Waals surface area contributed by atoms with Crippen molar-refractivity contribution in [1.29, 1.82) is 0 Å². The molecule has 1 rings (SSSR count). The maximum atomic E-state index is 3.63. The van der Waals surface area contributed by atoms with Crippen molar-refractivity contribution in [2.75, 3.05) is 13.1 Å². The third kappa shape index (κ3) is 3.65. The summed E-state index contributed by atoms with van der Waals surface area (Å²) in [4.78, 5) is 0. The molecule has 78 valence electrons. The lowest BCUT2D eigenvalue weighted by Gasteiger charge is -2.31. The van der Waals surface area contributed by atoms with Crippen LogP contribution < -0.4 is 10.6 Å². The van der Waals surface area contributed by atoms with Crippen LogP contribution >= 0.6 is 0 Å². The van der Waals surface area contributed by atoms with Crippen LogP contribution in [-0.2, 0) is 0 Å². The van der Waals surface area contributed by atoms with Crippen LogP contribution in [0.5, 0.6) is 0 Å². The van der Waals surface area contributed by atoms with E-state index in [4.69, 9.17) is 0 Å². The van der Waals surface area contributed by atoms with Crippen LogP contribution in [0.25, 0.3) is 0 Å². The van der Waals surface area contributed by atoms with E-state index in [-0.39, 0.29) is 0 Å². The summed E-state index contributed by atoms with van der Waals surface area (Å²) in [6.45, 7) is 6.79. The Kier molecular flexibility index (Phi) is 5.40. The minimum Gasteiger partial charge on any atom is -0.313 e. The normalized spacial score (nSPS) is 25.8. The zero-order valence-corrected chi connectivity index (χ0v) is 9.10. The Morgan fingerprint density at radius 2 is 2.23 bits per heavy atom. The van der Waals surface area contributed by atoms with E-state index in [0.717, 1.165) is 12.6 Å². The lowest BCUT2D eigenvalue weighted by Crippen LogP contribution is -2.49. The highest BCUT2D eigenvalue weighted by Gasteiger charge is 2.21. The summed E-state index contributed by atoms with van der Waals surface area (Å²) in [6.07, 6.45) is 6.73. The molecule has 0 spiro atoms. The predicted octanol–water partition coefficient (Wildman–Crippen LogP) is 1.91. The summed E-state index contributed by atoms with van der Waals surface area (Å²) in [7, 11) is 0. The molecule has 0 radical (unpaired) electrons. The minimum absolute atomic E-state index is 0.704. The summed E-state index contributed by atoms with van der Waals surface area (Å²) in [5, 5.41) is 7.22. The molecule has 2 nitrogen and oxygen atoms in total. The van der Waals surface area contributed by atoms with E-state index in [2.05, 4.69) is 24.5 Å². The van der Waals surface area contributed by atoms with Gasteiger partial charge in [0.05, 0.1) is 0 Å². The number of nitrogens with one attached hydrogen (secondary N) is 2. The van der Waals surface area contributed by atoms with Crippen molar-refractivity contribution in [3.05, 3.63) is 0 Å². The maximum Gasteiger partial charge on any atom is 0.0221 e. The Labute approximate surface area is 82.5 Å². The molecular weight excluding hydrogens is 160 g/mol. The van der Waals surface area contributed by atoms with Gasteiger partial charge in [-0.2, -0.15) is 0 Å². The highest BCUT2D eigenvalue weighted by atomic mass is 15.0. The van der Waals surface area contributed by atoms with Gasteiger partial charge in [-0.1, -0.05) is 26.7 Å². The SMILES string of the molecule is CCCC(NCC)C1CCCCN1. The molecule has 0 aliphatic carbocycles. The van der Waals surface area contributed by atoms with Crippen LogP contribution in [0, 0.1) is 0 Å². The van der Waals surface area contributed by atoms with Crippen molar-refractivity contribution >= 4 is 0 Å². The molecule has 1 saturated heterocycles. The van der Waals surface area contributed by atoms with Crippen molar-refractivity contribution in [3.63, 3.8) is 0 Å². The van der Waals surface area contributed by atoms with E-state index in [0.29, 0.717) is 6.04 Å². The van der Waals surface area contributed by atoms with Gasteiger partial charge in [-0.05, 0) is 32.4 Å². The topological polar surface area (TPSA) is 24.1 Å². The highest BCUT2D eigenvalue weighted by molar-refractivity contribution is 4.84. The molecule has 1 aliphatic heterocycles. The van der Waals surface area contributed by atoms with Crippen LogP contribution in [0.1, 0.15) is 46.0 Å². The van der Waals surface area contributed by atoms with Crippen LogP contribution in [0.2, 0.25) is 0 Å². The molecule has 2 heteroatoms. The van der Waals surface area contributed by atoms with Gasteiger partial charge in [0.25, 0.3) is 0 Å². The molecule has 0 aromatic heterocycles. The molecule has 0 aromatic carbocycles. The predicted molar refractivity (Wildman–Crippen MR) is 58.0 cm³/mol. The zero-order valence-electron chi connectivity index (χ0n) is 9.10. The van der Waals surface area contributed by atoms with Crippen molar-refractivity contribution in [2.24, 2.45) is 0 Å². The van der Waals surface area contributed by atoms with E-state index in [1.807, 2.05) is 0 Å². The number of hydrogen-bond acceptors (Lipinski definition) is 2. The molecule has 1 heterocycles. The van der Waals surface area contributed by atoms with Gasteiger partial charge in [-0.25, -0.2) is 0 Å². The second kappa shape index (κ2) is 6.39. The van der Waals surface area contributed by atoms with Gasteiger partial charge in [-0.15, -0.1) is 0 Å². The highest BCUT2D eigenvalue weighted by Crippen LogP contribution is 2.13. The van der Waals surface area contributed by atoms with Gasteiger partial charge >= 0.3 is 0 Å². The first-order valence-corrected chi connectivity index (χ1v) is 5.85. The lowest BCUT2D eigenvalue weighted by atomic mass is 9.95. The number of hydrogen-bond donors (Lipinski definition) is 2. The third-order valence-corrected chi connectivity index (χ3v) is 2.90. The largest absolute Gasteiger partial charge is 0.313 e. The summed E-state index contributed by atoms with van der Waals surface area (Å²) in [5.41, 5.74) is 0. The molecule has 1 fully saturated rings. The smallest absolute Gasteiger partial charge is 0.0221 e. The van der Waals surface area contributed by atoms with Gasteiger partial charge in [0.15, 0.2) is 0 Å². The van der Waals surface area contributed by atoms with Gasteiger partial charge in [0, 0.05) is 12.1 Å². The van der Waals surface area contributed by atoms with Gasteiger partial charge in [0.2, 0.25) is 0 Å². The Morgan fingerprint density at radius 3 is 2.77 bits per heavy atom. The van der Waals surface area contributed by atoms with E-state index in [1.54, 1.807) is 0 Å². The van der Waals surface area contributed by atoms with Crippen molar-refractivity contribution in [1.82, 2.24) is 10.6 Å². The lowest BCUT2D eigenvalue weighted by molar-refractivity contribution is 0.301. The Bertz CT molecular complexity index is 113. The maximum absolute atomic E-state index is 3.63. The van der Waals surface area contributed by atoms with Gasteiger partial charge in [-0.3, -0.25) is 0 Å². The number of piperidine rings is 1. The Morgan fingerprint density at radius 1 is 1.38 bits per heavy atom. The summed E-state index contributed by atoms with van der Waals surface area (Å²) in [6, 6.07) is 1.43. The van der Waals surface area contributed by atoms with Crippen LogP contribution in [-0.4, -0.2) is 25.2 Å². The molecule has 1 aliphatic rings. The van der Waals surface area contributed by atoms with Gasteiger partial charge in [0.1, 0.15) is 0 Å². The van der Waals surface area contributed by atoms with Crippen LogP contribution in [0.4, 0.5) is 0 Å². The summed E-state index contributed by atoms with van der Waals surface area (Å²) >= 11 is 0. The van der Waals surface area contributed by atoms with E-state index in [9.17, 15) is 0 Å². The first kappa shape index (κ1) is 11.0. The second-order valence-electron chi connectivity index (χ2n) is 4.01. The molecule has 0 bridgehead atoms. The first-order valence-electron chi connectivity index (χ1n) is 5.85. The Balaban J connectivity index is 2.32. The monoisotopic (exact) mass is 184 g/mol. The quantitative estimate of drug-likeness (QED) is 0.682. The van der Waals surface area contributed by atoms with Crippen molar-refractivity contribution in [2.45, 2.75) is 58.0 Å². The fourth-order valence-electron chi connectivity index (χ4n) is 2.24. The fourth-order valence-corrected chi connectivity index (χ4v) is 2.24. The zero-order chi connectivity index (χ0) is 9.52. The number of likely N-dealkylation sites (N-methyl/N-ethyl adjacent to an activating group) is 1. The molecule has 2 unspecified atom stereocenters. The molecule has 13 heavy (non-hydrogen) atoms. The average molecular weight is 184 g/mol. The minimum atomic E-state index is 0.704. The van der Waals surface area contributed by atoms with E-state index in [1.165, 1.54) is 38.6 Å². The van der Waals surface area contributed by atoms with E-state index >= 15 is 0 Å².